The van der Waals surface area contributed by atoms with Crippen LogP contribution in [-0.4, -0.2) is 48.3 Å². The van der Waals surface area contributed by atoms with E-state index in [4.69, 9.17) is 5.14 Å². The molecule has 3 N–H and O–H groups in total. The van der Waals surface area contributed by atoms with E-state index in [2.05, 4.69) is 10.2 Å². The molecule has 1 fully saturated rings. The number of hydrogen-bond acceptors (Lipinski definition) is 4. The van der Waals surface area contributed by atoms with Gasteiger partial charge in [-0.2, -0.15) is 5.10 Å². The van der Waals surface area contributed by atoms with E-state index in [0.717, 1.165) is 11.1 Å². The molecule has 0 spiro atoms. The van der Waals surface area contributed by atoms with E-state index in [-0.39, 0.29) is 17.6 Å². The van der Waals surface area contributed by atoms with Crippen LogP contribution in [0.5, 0.6) is 0 Å². The zero-order chi connectivity index (χ0) is 17.3. The first kappa shape index (κ1) is 16.7. The molecule has 0 unspecified atom stereocenters. The molecule has 3 rings (SSSR count). The number of hydrogen-bond donors (Lipinski definition) is 2. The molecule has 0 radical (unpaired) electrons. The molecule has 24 heavy (non-hydrogen) atoms. The minimum absolute atomic E-state index is 0.0889. The third kappa shape index (κ3) is 3.82. The van der Waals surface area contributed by atoms with Crippen molar-refractivity contribution in [3.8, 4) is 11.3 Å². The normalized spacial score (nSPS) is 18.1. The van der Waals surface area contributed by atoms with Gasteiger partial charge in [0.05, 0.1) is 11.4 Å². The van der Waals surface area contributed by atoms with E-state index < -0.39 is 10.0 Å². The van der Waals surface area contributed by atoms with E-state index in [1.807, 2.05) is 31.2 Å². The van der Waals surface area contributed by atoms with Gasteiger partial charge < -0.3 is 4.90 Å². The summed E-state index contributed by atoms with van der Waals surface area (Å²) in [4.78, 5) is 14.2. The van der Waals surface area contributed by atoms with Crippen LogP contribution < -0.4 is 5.14 Å². The minimum atomic E-state index is -3.51. The number of sulfonamides is 1. The maximum Gasteiger partial charge on any atom is 0.271 e. The summed E-state index contributed by atoms with van der Waals surface area (Å²) in [5.41, 5.74) is 3.20. The van der Waals surface area contributed by atoms with Crippen LogP contribution in [0.25, 0.3) is 11.3 Å². The van der Waals surface area contributed by atoms with Gasteiger partial charge in [-0.1, -0.05) is 29.8 Å². The van der Waals surface area contributed by atoms with E-state index in [9.17, 15) is 13.2 Å². The quantitative estimate of drug-likeness (QED) is 0.863. The maximum atomic E-state index is 12.5. The van der Waals surface area contributed by atoms with Crippen LogP contribution in [0.3, 0.4) is 0 Å². The maximum absolute atomic E-state index is 12.5. The second kappa shape index (κ2) is 6.37. The predicted molar refractivity (Wildman–Crippen MR) is 90.7 cm³/mol. The summed E-state index contributed by atoms with van der Waals surface area (Å²) in [6, 6.07) is 9.61. The van der Waals surface area contributed by atoms with Gasteiger partial charge in [0.2, 0.25) is 10.0 Å². The number of aryl methyl sites for hydroxylation is 1. The average molecular weight is 348 g/mol. The summed E-state index contributed by atoms with van der Waals surface area (Å²) in [5.74, 6) is -0.366. The molecular weight excluding hydrogens is 328 g/mol. The van der Waals surface area contributed by atoms with Crippen LogP contribution in [-0.2, 0) is 10.0 Å². The first-order chi connectivity index (χ1) is 11.3. The van der Waals surface area contributed by atoms with E-state index in [0.29, 0.717) is 30.9 Å². The molecule has 0 bridgehead atoms. The van der Waals surface area contributed by atoms with Crippen molar-refractivity contribution in [3.63, 3.8) is 0 Å². The van der Waals surface area contributed by atoms with Gasteiger partial charge in [0.15, 0.2) is 0 Å². The minimum Gasteiger partial charge on any atom is -0.337 e. The van der Waals surface area contributed by atoms with Crippen molar-refractivity contribution >= 4 is 15.9 Å². The Bertz CT molecular complexity index is 842. The Morgan fingerprint density at radius 2 is 2.08 bits per heavy atom. The predicted octanol–water partition coefficient (Wildman–Crippen LogP) is 1.14. The molecule has 128 valence electrons. The molecule has 1 atom stereocenters. The lowest BCUT2D eigenvalue weighted by Crippen LogP contribution is -2.31. The highest BCUT2D eigenvalue weighted by Crippen LogP contribution is 2.22. The van der Waals surface area contributed by atoms with E-state index >= 15 is 0 Å². The van der Waals surface area contributed by atoms with Crippen molar-refractivity contribution < 1.29 is 13.2 Å². The molecule has 1 aliphatic heterocycles. The molecular formula is C16H20N4O3S. The Morgan fingerprint density at radius 3 is 2.75 bits per heavy atom. The number of primary sulfonamides is 1. The fourth-order valence-corrected chi connectivity index (χ4v) is 3.88. The van der Waals surface area contributed by atoms with Crippen molar-refractivity contribution in [2.45, 2.75) is 13.3 Å². The van der Waals surface area contributed by atoms with Crippen LogP contribution in [0.1, 0.15) is 22.5 Å². The largest absolute Gasteiger partial charge is 0.337 e. The van der Waals surface area contributed by atoms with Gasteiger partial charge in [0.1, 0.15) is 5.69 Å². The Morgan fingerprint density at radius 1 is 1.38 bits per heavy atom. The molecule has 0 aliphatic carbocycles. The van der Waals surface area contributed by atoms with Crippen molar-refractivity contribution in [1.29, 1.82) is 0 Å². The number of nitrogens with zero attached hydrogens (tertiary/aromatic N) is 2. The zero-order valence-electron chi connectivity index (χ0n) is 13.4. The Kier molecular flexibility index (Phi) is 4.42. The summed E-state index contributed by atoms with van der Waals surface area (Å²) in [5, 5.41) is 12.1. The third-order valence-electron chi connectivity index (χ3n) is 4.20. The number of benzene rings is 1. The van der Waals surface area contributed by atoms with Gasteiger partial charge in [-0.25, -0.2) is 13.6 Å². The summed E-state index contributed by atoms with van der Waals surface area (Å²) in [6.45, 7) is 2.93. The summed E-state index contributed by atoms with van der Waals surface area (Å²) >= 11 is 0. The van der Waals surface area contributed by atoms with Gasteiger partial charge in [0.25, 0.3) is 5.91 Å². The second-order valence-electron chi connectivity index (χ2n) is 6.27. The van der Waals surface area contributed by atoms with Crippen LogP contribution in [0, 0.1) is 12.8 Å². The molecule has 1 aromatic heterocycles. The third-order valence-corrected chi connectivity index (χ3v) is 5.13. The van der Waals surface area contributed by atoms with Gasteiger partial charge in [0, 0.05) is 18.7 Å². The molecule has 1 aliphatic rings. The molecule has 2 aromatic rings. The van der Waals surface area contributed by atoms with E-state index in [1.165, 1.54) is 0 Å². The fraction of sp³-hybridized carbons (Fsp3) is 0.375. The Balaban J connectivity index is 1.69. The number of H-pyrrole nitrogens is 1. The van der Waals surface area contributed by atoms with Crippen molar-refractivity contribution in [2.24, 2.45) is 11.1 Å². The number of carbonyl (C=O) groups is 1. The summed E-state index contributed by atoms with van der Waals surface area (Å²) < 4.78 is 22.4. The van der Waals surface area contributed by atoms with E-state index in [1.54, 1.807) is 11.0 Å². The number of nitrogens with two attached hydrogens (primary N) is 1. The van der Waals surface area contributed by atoms with Crippen LogP contribution in [0.2, 0.25) is 0 Å². The Labute approximate surface area is 140 Å². The Hall–Kier alpha value is -2.19. The smallest absolute Gasteiger partial charge is 0.271 e. The number of nitrogens with one attached hydrogen (secondary N) is 1. The summed E-state index contributed by atoms with van der Waals surface area (Å²) in [7, 11) is -3.51. The monoisotopic (exact) mass is 348 g/mol. The van der Waals surface area contributed by atoms with Crippen molar-refractivity contribution in [1.82, 2.24) is 15.1 Å². The highest BCUT2D eigenvalue weighted by atomic mass is 32.2. The highest BCUT2D eigenvalue weighted by Gasteiger charge is 2.30. The number of likely N-dealkylation sites (tertiary alicyclic amines) is 1. The van der Waals surface area contributed by atoms with Crippen LogP contribution in [0.15, 0.2) is 30.3 Å². The SMILES string of the molecule is Cc1ccc(-c2cc(C(=O)N3CC[C@H](CS(N)(=O)=O)C3)[nH]n2)cc1. The standard InChI is InChI=1S/C16H20N4O3S/c1-11-2-4-13(5-3-11)14-8-15(19-18-14)16(21)20-7-6-12(9-20)10-24(17,22)23/h2-5,8,12H,6-7,9-10H2,1H3,(H,18,19)(H2,17,22,23)/t12-/m0/s1. The van der Waals surface area contributed by atoms with Crippen molar-refractivity contribution in [3.05, 3.63) is 41.6 Å². The fourth-order valence-electron chi connectivity index (χ4n) is 2.96. The number of rotatable bonds is 4. The van der Waals surface area contributed by atoms with Gasteiger partial charge >= 0.3 is 0 Å². The average Bonchev–Trinajstić information content (AvgIpc) is 3.15. The zero-order valence-corrected chi connectivity index (χ0v) is 14.2. The number of aromatic amines is 1. The lowest BCUT2D eigenvalue weighted by molar-refractivity contribution is 0.0782. The lowest BCUT2D eigenvalue weighted by atomic mass is 10.1. The van der Waals surface area contributed by atoms with Gasteiger partial charge in [-0.05, 0) is 25.3 Å². The number of aromatic nitrogens is 2. The first-order valence-electron chi connectivity index (χ1n) is 7.74. The molecule has 8 heteroatoms. The van der Waals surface area contributed by atoms with Crippen molar-refractivity contribution in [2.75, 3.05) is 18.8 Å². The first-order valence-corrected chi connectivity index (χ1v) is 9.45. The summed E-state index contributed by atoms with van der Waals surface area (Å²) in [6.07, 6.45) is 0.640. The van der Waals surface area contributed by atoms with Crippen LogP contribution in [0.4, 0.5) is 0 Å². The number of carbonyl (C=O) groups excluding carboxylic acids is 1. The van der Waals surface area contributed by atoms with Gasteiger partial charge in [-0.3, -0.25) is 9.89 Å². The molecule has 1 amide bonds. The second-order valence-corrected chi connectivity index (χ2v) is 7.93. The van der Waals surface area contributed by atoms with Crippen LogP contribution >= 0.6 is 0 Å². The highest BCUT2D eigenvalue weighted by molar-refractivity contribution is 7.89. The topological polar surface area (TPSA) is 109 Å². The van der Waals surface area contributed by atoms with Gasteiger partial charge in [-0.15, -0.1) is 0 Å². The molecule has 7 nitrogen and oxygen atoms in total. The lowest BCUT2D eigenvalue weighted by Gasteiger charge is -2.15. The molecule has 0 saturated carbocycles. The molecule has 1 saturated heterocycles. The number of amides is 1. The molecule has 2 heterocycles. The molecule has 1 aromatic carbocycles.